The smallest absolute Gasteiger partial charge is 0.101 e. The van der Waals surface area contributed by atoms with E-state index >= 15 is 0 Å². The van der Waals surface area contributed by atoms with Crippen molar-refractivity contribution in [3.8, 4) is 0 Å². The van der Waals surface area contributed by atoms with Gasteiger partial charge in [0.05, 0.1) is 9.90 Å². The molecule has 1 aromatic heterocycles. The first-order chi connectivity index (χ1) is 5.62. The van der Waals surface area contributed by atoms with Gasteiger partial charge < -0.3 is 5.11 Å². The molecule has 66 valence electrons. The molecule has 1 nitrogen and oxygen atoms in total. The van der Waals surface area contributed by atoms with E-state index in [0.29, 0.717) is 5.92 Å². The van der Waals surface area contributed by atoms with Gasteiger partial charge in [-0.2, -0.15) is 0 Å². The van der Waals surface area contributed by atoms with Crippen molar-refractivity contribution in [1.82, 2.24) is 0 Å². The molecule has 0 aliphatic heterocycles. The highest BCUT2D eigenvalue weighted by Gasteiger charge is 2.43. The van der Waals surface area contributed by atoms with Crippen molar-refractivity contribution in [3.63, 3.8) is 0 Å². The van der Waals surface area contributed by atoms with Crippen LogP contribution in [0.15, 0.2) is 11.4 Å². The summed E-state index contributed by atoms with van der Waals surface area (Å²) in [5.74, 6) is 0.633. The van der Waals surface area contributed by atoms with Crippen LogP contribution >= 0.6 is 22.9 Å². The van der Waals surface area contributed by atoms with Crippen LogP contribution in [0.1, 0.15) is 24.6 Å². The van der Waals surface area contributed by atoms with Gasteiger partial charge in [-0.1, -0.05) is 18.5 Å². The third-order valence-electron chi connectivity index (χ3n) is 2.41. The second-order valence-electron chi connectivity index (χ2n) is 3.64. The van der Waals surface area contributed by atoms with E-state index in [0.717, 1.165) is 22.7 Å². The first-order valence-corrected chi connectivity index (χ1v) is 5.33. The molecule has 0 radical (unpaired) electrons. The van der Waals surface area contributed by atoms with E-state index in [2.05, 4.69) is 6.92 Å². The summed E-state index contributed by atoms with van der Waals surface area (Å²) in [6.07, 6.45) is 1.71. The Morgan fingerprint density at radius 1 is 1.67 bits per heavy atom. The van der Waals surface area contributed by atoms with Gasteiger partial charge in [0.15, 0.2) is 0 Å². The van der Waals surface area contributed by atoms with Crippen LogP contribution in [0.4, 0.5) is 0 Å². The molecule has 1 fully saturated rings. The van der Waals surface area contributed by atoms with E-state index in [1.807, 2.05) is 11.4 Å². The third kappa shape index (κ3) is 1.18. The fraction of sp³-hybridized carbons (Fsp3) is 0.556. The van der Waals surface area contributed by atoms with Gasteiger partial charge in [0.2, 0.25) is 0 Å². The zero-order chi connectivity index (χ0) is 8.77. The average molecular weight is 203 g/mol. The normalized spacial score (nSPS) is 34.8. The van der Waals surface area contributed by atoms with Crippen LogP contribution in [0.3, 0.4) is 0 Å². The van der Waals surface area contributed by atoms with Crippen LogP contribution in [-0.2, 0) is 5.60 Å². The fourth-order valence-electron chi connectivity index (χ4n) is 1.90. The Hall–Kier alpha value is -0.0500. The average Bonchev–Trinajstić information content (AvgIpc) is 2.32. The van der Waals surface area contributed by atoms with Gasteiger partial charge in [0.1, 0.15) is 5.60 Å². The van der Waals surface area contributed by atoms with E-state index in [9.17, 15) is 5.11 Å². The first-order valence-electron chi connectivity index (χ1n) is 4.08. The molecule has 0 atom stereocenters. The van der Waals surface area contributed by atoms with Crippen molar-refractivity contribution in [2.24, 2.45) is 5.92 Å². The maximum Gasteiger partial charge on any atom is 0.101 e. The Labute approximate surface area is 81.0 Å². The van der Waals surface area contributed by atoms with Gasteiger partial charge in [-0.25, -0.2) is 0 Å². The van der Waals surface area contributed by atoms with Crippen molar-refractivity contribution in [1.29, 1.82) is 0 Å². The molecule has 1 aromatic rings. The number of halogens is 1. The Morgan fingerprint density at radius 2 is 2.33 bits per heavy atom. The van der Waals surface area contributed by atoms with Crippen LogP contribution in [0.5, 0.6) is 0 Å². The molecule has 3 heteroatoms. The summed E-state index contributed by atoms with van der Waals surface area (Å²) in [6, 6.07) is 1.85. The predicted octanol–water partition coefficient (Wildman–Crippen LogP) is 3.02. The summed E-state index contributed by atoms with van der Waals surface area (Å²) in [6.45, 7) is 2.15. The van der Waals surface area contributed by atoms with E-state index < -0.39 is 5.60 Å². The van der Waals surface area contributed by atoms with Gasteiger partial charge >= 0.3 is 0 Å². The van der Waals surface area contributed by atoms with Gasteiger partial charge in [0, 0.05) is 0 Å². The van der Waals surface area contributed by atoms with Gasteiger partial charge in [-0.15, -0.1) is 11.3 Å². The highest BCUT2D eigenvalue weighted by molar-refractivity contribution is 7.10. The summed E-state index contributed by atoms with van der Waals surface area (Å²) in [5.41, 5.74) is -0.606. The molecule has 0 saturated heterocycles. The van der Waals surface area contributed by atoms with E-state index in [4.69, 9.17) is 11.6 Å². The number of rotatable bonds is 1. The summed E-state index contributed by atoms with van der Waals surface area (Å²) in [7, 11) is 0. The first kappa shape index (κ1) is 8.54. The molecular formula is C9H11ClOS. The summed E-state index contributed by atoms with van der Waals surface area (Å²) in [4.78, 5) is 0.947. The minimum atomic E-state index is -0.606. The number of thiophene rings is 1. The third-order valence-corrected chi connectivity index (χ3v) is 3.95. The number of hydrogen-bond acceptors (Lipinski definition) is 2. The maximum atomic E-state index is 10.0. The van der Waals surface area contributed by atoms with E-state index in [1.165, 1.54) is 0 Å². The summed E-state index contributed by atoms with van der Waals surface area (Å²) >= 11 is 7.49. The minimum absolute atomic E-state index is 0.606. The van der Waals surface area contributed by atoms with Gasteiger partial charge in [0.25, 0.3) is 0 Å². The second kappa shape index (κ2) is 2.72. The topological polar surface area (TPSA) is 20.2 Å². The monoisotopic (exact) mass is 202 g/mol. The lowest BCUT2D eigenvalue weighted by atomic mass is 9.71. The van der Waals surface area contributed by atoms with Crippen LogP contribution < -0.4 is 0 Å². The van der Waals surface area contributed by atoms with Crippen molar-refractivity contribution >= 4 is 22.9 Å². The van der Waals surface area contributed by atoms with Crippen molar-refractivity contribution in [3.05, 3.63) is 21.3 Å². The molecule has 0 amide bonds. The molecule has 0 unspecified atom stereocenters. The molecule has 1 N–H and O–H groups in total. The molecule has 1 saturated carbocycles. The molecule has 1 heterocycles. The highest BCUT2D eigenvalue weighted by Crippen LogP contribution is 2.49. The number of hydrogen-bond donors (Lipinski definition) is 1. The quantitative estimate of drug-likeness (QED) is 0.743. The van der Waals surface area contributed by atoms with E-state index in [1.54, 1.807) is 11.3 Å². The minimum Gasteiger partial charge on any atom is -0.384 e. The SMILES string of the molecule is CC1CC(O)(c2sccc2Cl)C1. The Kier molecular flexibility index (Phi) is 1.94. The highest BCUT2D eigenvalue weighted by atomic mass is 35.5. The number of aliphatic hydroxyl groups is 1. The largest absolute Gasteiger partial charge is 0.384 e. The van der Waals surface area contributed by atoms with Gasteiger partial charge in [-0.05, 0) is 30.2 Å². The predicted molar refractivity (Wildman–Crippen MR) is 51.6 cm³/mol. The standard InChI is InChI=1S/C9H11ClOS/c1-6-4-9(11,5-6)8-7(10)2-3-12-8/h2-3,6,11H,4-5H2,1H3. The molecule has 12 heavy (non-hydrogen) atoms. The summed E-state index contributed by atoms with van der Waals surface area (Å²) < 4.78 is 0. The van der Waals surface area contributed by atoms with E-state index in [-0.39, 0.29) is 0 Å². The molecule has 1 aliphatic carbocycles. The van der Waals surface area contributed by atoms with Crippen molar-refractivity contribution in [2.75, 3.05) is 0 Å². The molecule has 1 aliphatic rings. The van der Waals surface area contributed by atoms with Crippen LogP contribution in [0.25, 0.3) is 0 Å². The molecule has 0 bridgehead atoms. The second-order valence-corrected chi connectivity index (χ2v) is 4.97. The van der Waals surface area contributed by atoms with Crippen LogP contribution in [0, 0.1) is 5.92 Å². The molecular weight excluding hydrogens is 192 g/mol. The zero-order valence-corrected chi connectivity index (χ0v) is 8.45. The van der Waals surface area contributed by atoms with Crippen molar-refractivity contribution < 1.29 is 5.11 Å². The fourth-order valence-corrected chi connectivity index (χ4v) is 3.26. The molecule has 0 aromatic carbocycles. The lowest BCUT2D eigenvalue weighted by Gasteiger charge is -2.41. The molecule has 2 rings (SSSR count). The lowest BCUT2D eigenvalue weighted by molar-refractivity contribution is -0.0706. The Balaban J connectivity index is 2.26. The summed E-state index contributed by atoms with van der Waals surface area (Å²) in [5, 5.41) is 12.7. The Morgan fingerprint density at radius 3 is 2.75 bits per heavy atom. The Bertz CT molecular complexity index is 288. The van der Waals surface area contributed by atoms with Crippen LogP contribution in [0.2, 0.25) is 5.02 Å². The zero-order valence-electron chi connectivity index (χ0n) is 6.88. The van der Waals surface area contributed by atoms with Crippen LogP contribution in [-0.4, -0.2) is 5.11 Å². The molecule has 0 spiro atoms. The lowest BCUT2D eigenvalue weighted by Crippen LogP contribution is -2.39. The van der Waals surface area contributed by atoms with Gasteiger partial charge in [-0.3, -0.25) is 0 Å². The van der Waals surface area contributed by atoms with Crippen molar-refractivity contribution in [2.45, 2.75) is 25.4 Å². The maximum absolute atomic E-state index is 10.0.